The molecule has 4 aromatic rings. The van der Waals surface area contributed by atoms with Crippen molar-refractivity contribution in [3.8, 4) is 5.88 Å². The molecule has 2 aromatic carbocycles. The van der Waals surface area contributed by atoms with Crippen LogP contribution in [0.5, 0.6) is 5.88 Å². The van der Waals surface area contributed by atoms with E-state index in [1.54, 1.807) is 12.3 Å². The van der Waals surface area contributed by atoms with E-state index in [4.69, 9.17) is 27.9 Å². The molecule has 0 atom stereocenters. The molecule has 0 fully saturated rings. The van der Waals surface area contributed by atoms with Crippen LogP contribution >= 0.6 is 23.2 Å². The Bertz CT molecular complexity index is 1110. The molecule has 0 amide bonds. The van der Waals surface area contributed by atoms with Crippen molar-refractivity contribution in [2.24, 2.45) is 0 Å². The summed E-state index contributed by atoms with van der Waals surface area (Å²) < 4.78 is 7.88. The van der Waals surface area contributed by atoms with Crippen molar-refractivity contribution in [3.63, 3.8) is 0 Å². The summed E-state index contributed by atoms with van der Waals surface area (Å²) >= 11 is 12.4. The zero-order valence-electron chi connectivity index (χ0n) is 16.5. The van der Waals surface area contributed by atoms with Gasteiger partial charge < -0.3 is 14.6 Å². The zero-order valence-corrected chi connectivity index (χ0v) is 18.0. The minimum Gasteiger partial charge on any atom is -0.478 e. The van der Waals surface area contributed by atoms with E-state index in [2.05, 4.69) is 45.3 Å². The number of nitrogens with zero attached hydrogens (tertiary/aromatic N) is 2. The lowest BCUT2D eigenvalue weighted by Crippen LogP contribution is -2.17. The summed E-state index contributed by atoms with van der Waals surface area (Å²) in [5.41, 5.74) is 3.51. The first-order valence-corrected chi connectivity index (χ1v) is 10.7. The summed E-state index contributed by atoms with van der Waals surface area (Å²) in [6.45, 7) is 3.01. The van der Waals surface area contributed by atoms with Gasteiger partial charge in [-0.3, -0.25) is 0 Å². The number of fused-ring (bicyclic) bond motifs is 1. The van der Waals surface area contributed by atoms with Gasteiger partial charge in [0, 0.05) is 52.5 Å². The number of hydrogen-bond donors (Lipinski definition) is 1. The Balaban J connectivity index is 1.37. The summed E-state index contributed by atoms with van der Waals surface area (Å²) in [7, 11) is 0. The first-order valence-electron chi connectivity index (χ1n) is 9.96. The Morgan fingerprint density at radius 3 is 2.67 bits per heavy atom. The number of hydrogen-bond acceptors (Lipinski definition) is 3. The molecule has 1 N–H and O–H groups in total. The lowest BCUT2D eigenvalue weighted by atomic mass is 10.2. The predicted octanol–water partition coefficient (Wildman–Crippen LogP) is 5.95. The molecule has 4 rings (SSSR count). The van der Waals surface area contributed by atoms with Gasteiger partial charge in [-0.15, -0.1) is 0 Å². The molecule has 0 bridgehead atoms. The highest BCUT2D eigenvalue weighted by Crippen LogP contribution is 2.26. The topological polar surface area (TPSA) is 39.1 Å². The first-order chi connectivity index (χ1) is 14.7. The Hall–Kier alpha value is -2.53. The monoisotopic (exact) mass is 439 g/mol. The molecule has 30 heavy (non-hydrogen) atoms. The van der Waals surface area contributed by atoms with Crippen LogP contribution < -0.4 is 10.1 Å². The van der Waals surface area contributed by atoms with Crippen molar-refractivity contribution >= 4 is 34.1 Å². The molecule has 6 heteroatoms. The van der Waals surface area contributed by atoms with Gasteiger partial charge in [-0.1, -0.05) is 53.5 Å². The average Bonchev–Trinajstić information content (AvgIpc) is 3.11. The van der Waals surface area contributed by atoms with Crippen LogP contribution in [0.3, 0.4) is 0 Å². The van der Waals surface area contributed by atoms with Crippen LogP contribution in [0.4, 0.5) is 0 Å². The molecule has 0 aliphatic heterocycles. The second-order valence-corrected chi connectivity index (χ2v) is 7.93. The molecule has 0 aliphatic carbocycles. The summed E-state index contributed by atoms with van der Waals surface area (Å²) in [6.07, 6.45) is 4.85. The normalized spacial score (nSPS) is 11.1. The first kappa shape index (κ1) is 20.7. The van der Waals surface area contributed by atoms with Gasteiger partial charge in [0.2, 0.25) is 5.88 Å². The maximum Gasteiger partial charge on any atom is 0.213 e. The molecular formula is C24H23Cl2N3O. The number of nitrogens with one attached hydrogen (secondary N) is 1. The van der Waals surface area contributed by atoms with Crippen LogP contribution in [-0.4, -0.2) is 22.7 Å². The second-order valence-electron chi connectivity index (χ2n) is 7.08. The summed E-state index contributed by atoms with van der Waals surface area (Å²) in [6, 6.07) is 19.8. The van der Waals surface area contributed by atoms with Crippen molar-refractivity contribution in [2.75, 3.05) is 13.2 Å². The number of ether oxygens (including phenoxy) is 1. The number of aromatic nitrogens is 2. The minimum absolute atomic E-state index is 0.640. The Morgan fingerprint density at radius 2 is 1.83 bits per heavy atom. The fourth-order valence-corrected chi connectivity index (χ4v) is 3.93. The van der Waals surface area contributed by atoms with E-state index >= 15 is 0 Å². The molecule has 0 saturated heterocycles. The van der Waals surface area contributed by atoms with Gasteiger partial charge in [-0.25, -0.2) is 4.98 Å². The largest absolute Gasteiger partial charge is 0.478 e. The smallest absolute Gasteiger partial charge is 0.213 e. The molecule has 0 spiro atoms. The maximum absolute atomic E-state index is 6.39. The van der Waals surface area contributed by atoms with Gasteiger partial charge in [0.15, 0.2) is 0 Å². The summed E-state index contributed by atoms with van der Waals surface area (Å²) in [5, 5.41) is 6.11. The van der Waals surface area contributed by atoms with E-state index in [9.17, 15) is 0 Å². The third-order valence-electron chi connectivity index (χ3n) is 4.93. The van der Waals surface area contributed by atoms with Gasteiger partial charge >= 0.3 is 0 Å². The highest BCUT2D eigenvalue weighted by atomic mass is 35.5. The van der Waals surface area contributed by atoms with Crippen LogP contribution in [0.25, 0.3) is 10.9 Å². The number of rotatable bonds is 9. The molecule has 0 radical (unpaired) electrons. The highest BCUT2D eigenvalue weighted by Gasteiger charge is 2.10. The minimum atomic E-state index is 0.640. The Kier molecular flexibility index (Phi) is 6.90. The second kappa shape index (κ2) is 9.98. The number of para-hydroxylation sites is 1. The third kappa shape index (κ3) is 5.14. The van der Waals surface area contributed by atoms with E-state index in [1.165, 1.54) is 16.5 Å². The van der Waals surface area contributed by atoms with Crippen LogP contribution in [0.1, 0.15) is 17.5 Å². The third-order valence-corrected chi connectivity index (χ3v) is 5.51. The number of pyridine rings is 1. The van der Waals surface area contributed by atoms with Crippen molar-refractivity contribution in [3.05, 3.63) is 94.2 Å². The Labute approximate surface area is 186 Å². The van der Waals surface area contributed by atoms with Crippen LogP contribution in [0.2, 0.25) is 10.0 Å². The molecule has 2 heterocycles. The molecule has 2 aromatic heterocycles. The fourth-order valence-electron chi connectivity index (χ4n) is 3.46. The van der Waals surface area contributed by atoms with Crippen molar-refractivity contribution in [2.45, 2.75) is 19.5 Å². The SMILES string of the molecule is Clc1ccc(Cn2cc(CNCCCOc3ccccn3)c3ccccc32)c(Cl)c1. The van der Waals surface area contributed by atoms with Crippen molar-refractivity contribution in [1.29, 1.82) is 0 Å². The maximum atomic E-state index is 6.39. The Morgan fingerprint density at radius 1 is 0.967 bits per heavy atom. The zero-order chi connectivity index (χ0) is 20.8. The van der Waals surface area contributed by atoms with Crippen molar-refractivity contribution < 1.29 is 4.74 Å². The highest BCUT2D eigenvalue weighted by molar-refractivity contribution is 6.35. The van der Waals surface area contributed by atoms with Crippen LogP contribution in [0.15, 0.2) is 73.1 Å². The standard InChI is InChI=1S/C24H23Cl2N3O/c25-20-10-9-18(22(26)14-20)16-29-17-19(21-6-1-2-7-23(21)29)15-27-11-5-13-30-24-8-3-4-12-28-24/h1-4,6-10,12,14,17,27H,5,11,13,15-16H2. The molecule has 154 valence electrons. The van der Waals surface area contributed by atoms with Crippen molar-refractivity contribution in [1.82, 2.24) is 14.9 Å². The van der Waals surface area contributed by atoms with Crippen LogP contribution in [0, 0.1) is 0 Å². The van der Waals surface area contributed by atoms with E-state index in [1.807, 2.05) is 30.3 Å². The summed E-state index contributed by atoms with van der Waals surface area (Å²) in [5.74, 6) is 0.668. The van der Waals surface area contributed by atoms with Gasteiger partial charge in [0.1, 0.15) is 0 Å². The molecule has 0 unspecified atom stereocenters. The average molecular weight is 440 g/mol. The van der Waals surface area contributed by atoms with Gasteiger partial charge in [0.05, 0.1) is 6.61 Å². The molecular weight excluding hydrogens is 417 g/mol. The van der Waals surface area contributed by atoms with E-state index in [-0.39, 0.29) is 0 Å². The lowest BCUT2D eigenvalue weighted by molar-refractivity contribution is 0.296. The quantitative estimate of drug-likeness (QED) is 0.327. The van der Waals surface area contributed by atoms with E-state index in [0.29, 0.717) is 29.1 Å². The molecule has 0 saturated carbocycles. The molecule has 4 nitrogen and oxygen atoms in total. The van der Waals surface area contributed by atoms with Gasteiger partial charge in [-0.2, -0.15) is 0 Å². The fraction of sp³-hybridized carbons (Fsp3) is 0.208. The van der Waals surface area contributed by atoms with E-state index < -0.39 is 0 Å². The van der Waals surface area contributed by atoms with E-state index in [0.717, 1.165) is 25.1 Å². The van der Waals surface area contributed by atoms with Crippen LogP contribution in [-0.2, 0) is 13.1 Å². The molecule has 0 aliphatic rings. The van der Waals surface area contributed by atoms with Gasteiger partial charge in [-0.05, 0) is 48.4 Å². The number of benzene rings is 2. The lowest BCUT2D eigenvalue weighted by Gasteiger charge is -2.08. The number of halogens is 2. The van der Waals surface area contributed by atoms with Gasteiger partial charge in [0.25, 0.3) is 0 Å². The summed E-state index contributed by atoms with van der Waals surface area (Å²) in [4.78, 5) is 4.16. The predicted molar refractivity (Wildman–Crippen MR) is 124 cm³/mol.